The molecule has 1 N–H and O–H groups in total. The maximum Gasteiger partial charge on any atom is 0.417 e. The summed E-state index contributed by atoms with van der Waals surface area (Å²) in [6, 6.07) is 4.11. The smallest absolute Gasteiger partial charge is 0.354 e. The van der Waals surface area contributed by atoms with Gasteiger partial charge >= 0.3 is 6.18 Å². The standard InChI is InChI=1S/C27H29ClF3N3O/c1-33-14-17(10-20-19-4-3-5-23-26(19)18(12-24(20)33)15-34(23)2)13-32-25(35)9-7-16-6-8-22(28)21(11-16)27(29,30)31/h3-9,11,15,17,19-20,24,26H,10,12-14H2,1-2H3,(H,32,35)/b9-7+/t17-,19?,20+,24+,26?/m0/s1. The van der Waals surface area contributed by atoms with Crippen molar-refractivity contribution < 1.29 is 18.0 Å². The maximum absolute atomic E-state index is 13.1. The van der Waals surface area contributed by atoms with Crippen molar-refractivity contribution in [3.05, 3.63) is 76.1 Å². The fourth-order valence-electron chi connectivity index (χ4n) is 6.38. The summed E-state index contributed by atoms with van der Waals surface area (Å²) < 4.78 is 39.2. The monoisotopic (exact) mass is 503 g/mol. The van der Waals surface area contributed by atoms with Crippen molar-refractivity contribution in [2.24, 2.45) is 23.7 Å². The molecule has 2 unspecified atom stereocenters. The molecule has 4 aliphatic rings. The number of piperidine rings is 1. The van der Waals surface area contributed by atoms with Crippen molar-refractivity contribution in [3.8, 4) is 0 Å². The molecular formula is C27H29ClF3N3O. The Kier molecular flexibility index (Phi) is 6.34. The van der Waals surface area contributed by atoms with Crippen molar-refractivity contribution in [2.45, 2.75) is 25.1 Å². The molecule has 0 aromatic heterocycles. The summed E-state index contributed by atoms with van der Waals surface area (Å²) in [5, 5.41) is 2.60. The summed E-state index contributed by atoms with van der Waals surface area (Å²) in [6.07, 6.45) is 9.32. The molecule has 0 bridgehead atoms. The van der Waals surface area contributed by atoms with Crippen LogP contribution in [0.25, 0.3) is 6.08 Å². The van der Waals surface area contributed by atoms with E-state index in [1.54, 1.807) is 0 Å². The lowest BCUT2D eigenvalue weighted by Crippen LogP contribution is -2.54. The van der Waals surface area contributed by atoms with Crippen LogP contribution in [-0.2, 0) is 11.0 Å². The molecule has 2 aliphatic heterocycles. The lowest BCUT2D eigenvalue weighted by Gasteiger charge is -2.51. The van der Waals surface area contributed by atoms with Crippen molar-refractivity contribution in [3.63, 3.8) is 0 Å². The molecule has 1 saturated carbocycles. The van der Waals surface area contributed by atoms with Crippen LogP contribution in [0.5, 0.6) is 0 Å². The average Bonchev–Trinajstić information content (AvgIpc) is 3.13. The van der Waals surface area contributed by atoms with Crippen LogP contribution in [-0.4, -0.2) is 48.9 Å². The van der Waals surface area contributed by atoms with Crippen LogP contribution in [0.4, 0.5) is 13.2 Å². The summed E-state index contributed by atoms with van der Waals surface area (Å²) >= 11 is 5.67. The Morgan fingerprint density at radius 3 is 2.86 bits per heavy atom. The Morgan fingerprint density at radius 1 is 1.29 bits per heavy atom. The van der Waals surface area contributed by atoms with E-state index in [4.69, 9.17) is 11.6 Å². The second-order valence-electron chi connectivity index (χ2n) is 10.1. The van der Waals surface area contributed by atoms with Gasteiger partial charge in [0.2, 0.25) is 5.91 Å². The highest BCUT2D eigenvalue weighted by molar-refractivity contribution is 6.31. The van der Waals surface area contributed by atoms with Gasteiger partial charge in [-0.05, 0) is 73.1 Å². The van der Waals surface area contributed by atoms with Gasteiger partial charge in [0.1, 0.15) is 0 Å². The molecule has 35 heavy (non-hydrogen) atoms. The van der Waals surface area contributed by atoms with E-state index in [0.29, 0.717) is 36.3 Å². The van der Waals surface area contributed by atoms with E-state index in [1.165, 1.54) is 35.6 Å². The molecule has 186 valence electrons. The second-order valence-corrected chi connectivity index (χ2v) is 10.5. The largest absolute Gasteiger partial charge is 0.417 e. The lowest BCUT2D eigenvalue weighted by atomic mass is 9.61. The van der Waals surface area contributed by atoms with Crippen LogP contribution in [0.1, 0.15) is 24.0 Å². The number of carbonyl (C=O) groups excluding carboxylic acids is 1. The van der Waals surface area contributed by atoms with Crippen molar-refractivity contribution in [1.82, 2.24) is 15.1 Å². The van der Waals surface area contributed by atoms with Crippen LogP contribution in [0.3, 0.4) is 0 Å². The molecule has 4 nitrogen and oxygen atoms in total. The molecule has 1 amide bonds. The number of nitrogens with zero attached hydrogens (tertiary/aromatic N) is 2. The summed E-state index contributed by atoms with van der Waals surface area (Å²) in [5.74, 6) is 1.47. The number of carbonyl (C=O) groups is 1. The Bertz CT molecular complexity index is 1140. The zero-order valence-electron chi connectivity index (χ0n) is 19.7. The molecule has 1 aromatic rings. The third-order valence-electron chi connectivity index (χ3n) is 7.91. The van der Waals surface area contributed by atoms with Crippen LogP contribution < -0.4 is 5.32 Å². The van der Waals surface area contributed by atoms with Crippen molar-refractivity contribution in [2.75, 3.05) is 27.2 Å². The zero-order valence-corrected chi connectivity index (χ0v) is 20.5. The Hall–Kier alpha value is -2.51. The number of fused-ring (bicyclic) bond motifs is 2. The highest BCUT2D eigenvalue weighted by Crippen LogP contribution is 2.52. The predicted molar refractivity (Wildman–Crippen MR) is 131 cm³/mol. The molecular weight excluding hydrogens is 475 g/mol. The first-order valence-electron chi connectivity index (χ1n) is 12.0. The van der Waals surface area contributed by atoms with E-state index in [0.717, 1.165) is 25.5 Å². The minimum Gasteiger partial charge on any atom is -0.354 e. The van der Waals surface area contributed by atoms with Gasteiger partial charge in [0.05, 0.1) is 10.6 Å². The molecule has 2 aliphatic carbocycles. The van der Waals surface area contributed by atoms with Crippen LogP contribution >= 0.6 is 11.6 Å². The van der Waals surface area contributed by atoms with E-state index in [1.807, 2.05) is 0 Å². The molecule has 2 heterocycles. The van der Waals surface area contributed by atoms with Crippen LogP contribution in [0, 0.1) is 23.7 Å². The number of nitrogens with one attached hydrogen (secondary N) is 1. The molecule has 2 fully saturated rings. The van der Waals surface area contributed by atoms with Gasteiger partial charge in [-0.15, -0.1) is 0 Å². The molecule has 5 rings (SSSR count). The van der Waals surface area contributed by atoms with Crippen molar-refractivity contribution >= 4 is 23.6 Å². The van der Waals surface area contributed by atoms with Gasteiger partial charge in [-0.25, -0.2) is 0 Å². The first kappa shape index (κ1) is 24.2. The number of hydrogen-bond donors (Lipinski definition) is 1. The molecule has 0 spiro atoms. The second kappa shape index (κ2) is 9.17. The van der Waals surface area contributed by atoms with E-state index in [2.05, 4.69) is 53.6 Å². The third-order valence-corrected chi connectivity index (χ3v) is 8.24. The number of hydrogen-bond acceptors (Lipinski definition) is 3. The molecule has 1 aromatic carbocycles. The first-order chi connectivity index (χ1) is 16.6. The average molecular weight is 504 g/mol. The van der Waals surface area contributed by atoms with E-state index < -0.39 is 11.7 Å². The number of alkyl halides is 3. The SMILES string of the molecule is CN1C=C2C[C@@H]3[C@H](C[C@@H](CNC(=O)/C=C/c4ccc(Cl)c(C(F)(F)F)c4)CN3C)C3C=CC=C1C23. The molecule has 8 heteroatoms. The van der Waals surface area contributed by atoms with Gasteiger partial charge < -0.3 is 15.1 Å². The summed E-state index contributed by atoms with van der Waals surface area (Å²) in [6.45, 7) is 1.45. The molecule has 0 radical (unpaired) electrons. The number of amides is 1. The number of halogens is 4. The van der Waals surface area contributed by atoms with E-state index in [-0.39, 0.29) is 16.5 Å². The summed E-state index contributed by atoms with van der Waals surface area (Å²) in [4.78, 5) is 17.1. The van der Waals surface area contributed by atoms with Gasteiger partial charge in [0.25, 0.3) is 0 Å². The zero-order chi connectivity index (χ0) is 24.9. The van der Waals surface area contributed by atoms with Crippen LogP contribution in [0.15, 0.2) is 60.0 Å². The molecule has 5 atom stereocenters. The first-order valence-corrected chi connectivity index (χ1v) is 12.3. The fraction of sp³-hybridized carbons (Fsp3) is 0.444. The fourth-order valence-corrected chi connectivity index (χ4v) is 6.60. The third kappa shape index (κ3) is 4.68. The van der Waals surface area contributed by atoms with Gasteiger partial charge in [-0.2, -0.15) is 13.2 Å². The van der Waals surface area contributed by atoms with Gasteiger partial charge in [-0.1, -0.05) is 29.8 Å². The highest BCUT2D eigenvalue weighted by Gasteiger charge is 2.49. The Balaban J connectivity index is 1.21. The highest BCUT2D eigenvalue weighted by atomic mass is 35.5. The summed E-state index contributed by atoms with van der Waals surface area (Å²) in [7, 11) is 4.30. The number of likely N-dealkylation sites (tertiary alicyclic amines) is 1. The number of allylic oxidation sites excluding steroid dienone is 4. The predicted octanol–water partition coefficient (Wildman–Crippen LogP) is 5.34. The minimum atomic E-state index is -4.54. The normalized spacial score (nSPS) is 30.1. The molecule has 1 saturated heterocycles. The maximum atomic E-state index is 13.1. The van der Waals surface area contributed by atoms with E-state index >= 15 is 0 Å². The quantitative estimate of drug-likeness (QED) is 0.563. The minimum absolute atomic E-state index is 0.276. The Morgan fingerprint density at radius 2 is 2.09 bits per heavy atom. The van der Waals surface area contributed by atoms with Gasteiger partial charge in [-0.3, -0.25) is 4.79 Å². The van der Waals surface area contributed by atoms with Crippen LogP contribution in [0.2, 0.25) is 5.02 Å². The lowest BCUT2D eigenvalue weighted by molar-refractivity contribution is -0.137. The van der Waals surface area contributed by atoms with E-state index in [9.17, 15) is 18.0 Å². The van der Waals surface area contributed by atoms with Gasteiger partial charge in [0.15, 0.2) is 0 Å². The number of rotatable bonds is 4. The topological polar surface area (TPSA) is 35.6 Å². The number of benzene rings is 1. The Labute approximate surface area is 208 Å². The summed E-state index contributed by atoms with van der Waals surface area (Å²) in [5.41, 5.74) is 2.27. The van der Waals surface area contributed by atoms with Crippen molar-refractivity contribution in [1.29, 1.82) is 0 Å². The van der Waals surface area contributed by atoms with Gasteiger partial charge in [0, 0.05) is 50.1 Å².